The van der Waals surface area contributed by atoms with Crippen LogP contribution < -0.4 is 11.1 Å². The number of hydrogen-bond acceptors (Lipinski definition) is 7. The number of nitrogens with two attached hydrogens (primary N) is 1. The van der Waals surface area contributed by atoms with Gasteiger partial charge in [0.25, 0.3) is 0 Å². The molecular weight excluding hydrogens is 302 g/mol. The molecule has 0 aromatic carbocycles. The van der Waals surface area contributed by atoms with Crippen LogP contribution in [-0.4, -0.2) is 39.4 Å². The minimum Gasteiger partial charge on any atom is -0.382 e. The third kappa shape index (κ3) is 2.65. The summed E-state index contributed by atoms with van der Waals surface area (Å²) >= 11 is 3.10. The standard InChI is InChI=1S/C14H19N5S2/c1-8-16-11(7-20-8)12-13(15)18-21-14(12)17-9-4-5-19(6-9)10-2-3-10/h7,9-10,17H,2-6H2,1H3,(H2,15,18). The quantitative estimate of drug-likeness (QED) is 0.906. The largest absolute Gasteiger partial charge is 0.382 e. The zero-order valence-electron chi connectivity index (χ0n) is 12.0. The average Bonchev–Trinajstić information content (AvgIpc) is 2.88. The lowest BCUT2D eigenvalue weighted by atomic mass is 10.2. The van der Waals surface area contributed by atoms with Crippen molar-refractivity contribution in [2.75, 3.05) is 24.1 Å². The van der Waals surface area contributed by atoms with Crippen LogP contribution in [0.25, 0.3) is 11.3 Å². The van der Waals surface area contributed by atoms with Gasteiger partial charge >= 0.3 is 0 Å². The number of rotatable bonds is 4. The molecule has 0 spiro atoms. The van der Waals surface area contributed by atoms with Crippen LogP contribution in [0.4, 0.5) is 10.8 Å². The molecule has 3 N–H and O–H groups in total. The number of nitrogen functional groups attached to an aromatic ring is 1. The third-order valence-corrected chi connectivity index (χ3v) is 5.78. The highest BCUT2D eigenvalue weighted by molar-refractivity contribution is 7.11. The lowest BCUT2D eigenvalue weighted by molar-refractivity contribution is 0.326. The summed E-state index contributed by atoms with van der Waals surface area (Å²) in [5.74, 6) is 0.588. The maximum Gasteiger partial charge on any atom is 0.148 e. The number of thiazole rings is 1. The zero-order chi connectivity index (χ0) is 14.4. The second kappa shape index (κ2) is 5.23. The van der Waals surface area contributed by atoms with E-state index < -0.39 is 0 Å². The van der Waals surface area contributed by atoms with E-state index in [1.54, 1.807) is 11.3 Å². The Labute approximate surface area is 132 Å². The highest BCUT2D eigenvalue weighted by atomic mass is 32.1. The Morgan fingerprint density at radius 2 is 2.24 bits per heavy atom. The topological polar surface area (TPSA) is 67.1 Å². The van der Waals surface area contributed by atoms with E-state index in [-0.39, 0.29) is 0 Å². The molecule has 112 valence electrons. The van der Waals surface area contributed by atoms with Gasteiger partial charge in [-0.05, 0) is 37.7 Å². The van der Waals surface area contributed by atoms with Crippen LogP contribution in [0.2, 0.25) is 0 Å². The normalized spacial score (nSPS) is 22.8. The van der Waals surface area contributed by atoms with Gasteiger partial charge in [-0.1, -0.05) is 0 Å². The van der Waals surface area contributed by atoms with E-state index in [2.05, 4.69) is 25.0 Å². The van der Waals surface area contributed by atoms with Crippen molar-refractivity contribution < 1.29 is 0 Å². The van der Waals surface area contributed by atoms with Gasteiger partial charge in [0.1, 0.15) is 10.8 Å². The molecule has 1 saturated heterocycles. The Balaban J connectivity index is 1.53. The monoisotopic (exact) mass is 321 g/mol. The summed E-state index contributed by atoms with van der Waals surface area (Å²) in [6, 6.07) is 1.35. The molecule has 0 bridgehead atoms. The second-order valence-corrected chi connectivity index (χ2v) is 7.72. The van der Waals surface area contributed by atoms with E-state index in [0.717, 1.165) is 33.9 Å². The molecule has 1 atom stereocenters. The van der Waals surface area contributed by atoms with Crippen molar-refractivity contribution in [3.8, 4) is 11.3 Å². The second-order valence-electron chi connectivity index (χ2n) is 5.88. The van der Waals surface area contributed by atoms with Crippen LogP contribution >= 0.6 is 22.9 Å². The van der Waals surface area contributed by atoms with Crippen LogP contribution in [0.15, 0.2) is 5.38 Å². The first-order valence-corrected chi connectivity index (χ1v) is 9.04. The minimum atomic E-state index is 0.504. The van der Waals surface area contributed by atoms with E-state index in [0.29, 0.717) is 11.9 Å². The van der Waals surface area contributed by atoms with Gasteiger partial charge in [0.2, 0.25) is 0 Å². The highest BCUT2D eigenvalue weighted by Gasteiger charge is 2.34. The van der Waals surface area contributed by atoms with Crippen LogP contribution in [-0.2, 0) is 0 Å². The maximum absolute atomic E-state index is 6.06. The first kappa shape index (κ1) is 13.5. The maximum atomic E-state index is 6.06. The van der Waals surface area contributed by atoms with E-state index >= 15 is 0 Å². The van der Waals surface area contributed by atoms with E-state index in [4.69, 9.17) is 5.73 Å². The Morgan fingerprint density at radius 3 is 2.95 bits per heavy atom. The average molecular weight is 321 g/mol. The summed E-state index contributed by atoms with van der Waals surface area (Å²) in [7, 11) is 0. The first-order valence-electron chi connectivity index (χ1n) is 7.39. The predicted octanol–water partition coefficient (Wildman–Crippen LogP) is 2.81. The van der Waals surface area contributed by atoms with Gasteiger partial charge in [-0.15, -0.1) is 11.3 Å². The molecule has 0 radical (unpaired) electrons. The van der Waals surface area contributed by atoms with Crippen LogP contribution in [0.5, 0.6) is 0 Å². The molecule has 1 saturated carbocycles. The van der Waals surface area contributed by atoms with E-state index in [9.17, 15) is 0 Å². The number of nitrogens with zero attached hydrogens (tertiary/aromatic N) is 3. The van der Waals surface area contributed by atoms with Crippen LogP contribution in [0, 0.1) is 6.92 Å². The summed E-state index contributed by atoms with van der Waals surface area (Å²) < 4.78 is 4.32. The molecule has 2 aromatic rings. The van der Waals surface area contributed by atoms with Crippen molar-refractivity contribution >= 4 is 33.7 Å². The van der Waals surface area contributed by atoms with Gasteiger partial charge < -0.3 is 11.1 Å². The van der Waals surface area contributed by atoms with Crippen molar-refractivity contribution in [2.45, 2.75) is 38.3 Å². The van der Waals surface area contributed by atoms with E-state index in [1.807, 2.05) is 6.92 Å². The molecule has 0 amide bonds. The molecule has 2 fully saturated rings. The van der Waals surface area contributed by atoms with Gasteiger partial charge in [-0.3, -0.25) is 4.90 Å². The number of nitrogens with one attached hydrogen (secondary N) is 1. The first-order chi connectivity index (χ1) is 10.2. The Bertz CT molecular complexity index is 646. The van der Waals surface area contributed by atoms with Crippen LogP contribution in [0.1, 0.15) is 24.3 Å². The SMILES string of the molecule is Cc1nc(-c2c(N)nsc2NC2CCN(C3CC3)C2)cs1. The molecule has 21 heavy (non-hydrogen) atoms. The molecule has 7 heteroatoms. The number of likely N-dealkylation sites (tertiary alicyclic amines) is 1. The van der Waals surface area contributed by atoms with Crippen LogP contribution in [0.3, 0.4) is 0 Å². The fourth-order valence-electron chi connectivity index (χ4n) is 2.99. The molecule has 3 heterocycles. The lowest BCUT2D eigenvalue weighted by Crippen LogP contribution is -2.27. The van der Waals surface area contributed by atoms with Gasteiger partial charge in [-0.2, -0.15) is 4.37 Å². The number of hydrogen-bond donors (Lipinski definition) is 2. The van der Waals surface area contributed by atoms with Crippen molar-refractivity contribution in [1.29, 1.82) is 0 Å². The molecule has 1 unspecified atom stereocenters. The van der Waals surface area contributed by atoms with Gasteiger partial charge in [-0.25, -0.2) is 4.98 Å². The third-order valence-electron chi connectivity index (χ3n) is 4.21. The Morgan fingerprint density at radius 1 is 1.38 bits per heavy atom. The molecule has 2 aromatic heterocycles. The molecular formula is C14H19N5S2. The summed E-state index contributed by atoms with van der Waals surface area (Å²) in [5.41, 5.74) is 7.98. The molecule has 4 rings (SSSR count). The Hall–Kier alpha value is -1.18. The zero-order valence-corrected chi connectivity index (χ0v) is 13.6. The highest BCUT2D eigenvalue weighted by Crippen LogP contribution is 2.38. The summed E-state index contributed by atoms with van der Waals surface area (Å²) in [6.07, 6.45) is 3.96. The predicted molar refractivity (Wildman–Crippen MR) is 89.0 cm³/mol. The minimum absolute atomic E-state index is 0.504. The summed E-state index contributed by atoms with van der Waals surface area (Å²) in [6.45, 7) is 4.36. The molecule has 2 aliphatic rings. The van der Waals surface area contributed by atoms with E-state index in [1.165, 1.54) is 37.3 Å². The number of aromatic nitrogens is 2. The van der Waals surface area contributed by atoms with Gasteiger partial charge in [0.05, 0.1) is 16.3 Å². The van der Waals surface area contributed by atoms with Gasteiger partial charge in [0, 0.05) is 30.6 Å². The smallest absolute Gasteiger partial charge is 0.148 e. The van der Waals surface area contributed by atoms with Gasteiger partial charge in [0.15, 0.2) is 0 Å². The fraction of sp³-hybridized carbons (Fsp3) is 0.571. The van der Waals surface area contributed by atoms with Crippen molar-refractivity contribution in [3.63, 3.8) is 0 Å². The summed E-state index contributed by atoms with van der Waals surface area (Å²) in [5, 5.41) is 7.84. The van der Waals surface area contributed by atoms with Crippen molar-refractivity contribution in [3.05, 3.63) is 10.4 Å². The number of anilines is 2. The molecule has 5 nitrogen and oxygen atoms in total. The fourth-order valence-corrected chi connectivity index (χ4v) is 4.39. The van der Waals surface area contributed by atoms with Crippen molar-refractivity contribution in [2.24, 2.45) is 0 Å². The molecule has 1 aliphatic heterocycles. The number of aryl methyl sites for hydroxylation is 1. The Kier molecular flexibility index (Phi) is 3.35. The summed E-state index contributed by atoms with van der Waals surface area (Å²) in [4.78, 5) is 7.16. The lowest BCUT2D eigenvalue weighted by Gasteiger charge is -2.16. The van der Waals surface area contributed by atoms with Crippen molar-refractivity contribution in [1.82, 2.24) is 14.3 Å². The molecule has 1 aliphatic carbocycles.